The van der Waals surface area contributed by atoms with Gasteiger partial charge >= 0.3 is 5.97 Å². The zero-order chi connectivity index (χ0) is 27.2. The number of fused-ring (bicyclic) bond motifs is 1. The van der Waals surface area contributed by atoms with E-state index in [-0.39, 0.29) is 12.3 Å². The molecule has 5 rings (SSSR count). The number of methoxy groups -OCH3 is 1. The number of aromatic nitrogens is 3. The lowest BCUT2D eigenvalue weighted by molar-refractivity contribution is -0.137. The lowest BCUT2D eigenvalue weighted by Gasteiger charge is -2.20. The van der Waals surface area contributed by atoms with Gasteiger partial charge in [0.1, 0.15) is 11.6 Å². The Morgan fingerprint density at radius 3 is 2.90 bits per heavy atom. The van der Waals surface area contributed by atoms with Gasteiger partial charge in [-0.05, 0) is 66.1 Å². The molecule has 0 saturated carbocycles. The molecule has 1 unspecified atom stereocenters. The molecule has 0 radical (unpaired) electrons. The molecule has 3 aromatic rings. The molecule has 4 heterocycles. The smallest absolute Gasteiger partial charge is 0.303 e. The highest BCUT2D eigenvalue weighted by atomic mass is 16.5. The number of ether oxygens (including phenoxy) is 3. The third-order valence-electron chi connectivity index (χ3n) is 7.33. The first kappa shape index (κ1) is 26.7. The molecule has 0 spiro atoms. The predicted molar refractivity (Wildman–Crippen MR) is 149 cm³/mol. The molecule has 206 valence electrons. The number of nitrogens with zero attached hydrogens (tertiary/aromatic N) is 3. The predicted octanol–water partition coefficient (Wildman–Crippen LogP) is 4.41. The Bertz CT molecular complexity index is 1350. The number of benzene rings is 1. The first-order valence-electron chi connectivity index (χ1n) is 13.6. The topological polar surface area (TPSA) is 108 Å². The number of aryl methyl sites for hydroxylation is 2. The van der Waals surface area contributed by atoms with Crippen molar-refractivity contribution < 1.29 is 24.1 Å². The minimum absolute atomic E-state index is 0.0349. The van der Waals surface area contributed by atoms with E-state index in [4.69, 9.17) is 19.2 Å². The largest absolute Gasteiger partial charge is 0.496 e. The minimum atomic E-state index is -0.864. The molecule has 2 N–H and O–H groups in total. The van der Waals surface area contributed by atoms with Crippen molar-refractivity contribution in [2.75, 3.05) is 38.8 Å². The number of carboxylic acid groups (broad SMARTS) is 1. The zero-order valence-corrected chi connectivity index (χ0v) is 22.6. The van der Waals surface area contributed by atoms with Crippen LogP contribution in [0, 0.1) is 0 Å². The Hall–Kier alpha value is -3.85. The fourth-order valence-electron chi connectivity index (χ4n) is 5.31. The van der Waals surface area contributed by atoms with Crippen molar-refractivity contribution >= 4 is 17.4 Å². The zero-order valence-electron chi connectivity index (χ0n) is 22.6. The van der Waals surface area contributed by atoms with Crippen molar-refractivity contribution in [3.05, 3.63) is 70.6 Å². The Balaban J connectivity index is 1.29. The van der Waals surface area contributed by atoms with Crippen LogP contribution in [0.4, 0.5) is 5.82 Å². The number of nitrogens with one attached hydrogen (secondary N) is 1. The van der Waals surface area contributed by atoms with Crippen LogP contribution in [0.3, 0.4) is 0 Å². The van der Waals surface area contributed by atoms with Crippen LogP contribution in [0.2, 0.25) is 0 Å². The monoisotopic (exact) mass is 532 g/mol. The molecule has 2 aromatic heterocycles. The van der Waals surface area contributed by atoms with Crippen LogP contribution >= 0.6 is 0 Å². The molecule has 0 fully saturated rings. The third kappa shape index (κ3) is 6.60. The van der Waals surface area contributed by atoms with Crippen LogP contribution in [0.5, 0.6) is 11.6 Å². The van der Waals surface area contributed by atoms with E-state index < -0.39 is 5.97 Å². The van der Waals surface area contributed by atoms with E-state index in [1.165, 1.54) is 11.1 Å². The van der Waals surface area contributed by atoms with Crippen molar-refractivity contribution in [2.24, 2.45) is 7.05 Å². The molecule has 0 bridgehead atoms. The van der Waals surface area contributed by atoms with Crippen molar-refractivity contribution in [1.29, 1.82) is 0 Å². The molecule has 2 aliphatic rings. The highest BCUT2D eigenvalue weighted by Gasteiger charge is 2.23. The Morgan fingerprint density at radius 2 is 2.10 bits per heavy atom. The van der Waals surface area contributed by atoms with Crippen molar-refractivity contribution in [2.45, 2.75) is 44.4 Å². The van der Waals surface area contributed by atoms with Crippen molar-refractivity contribution in [1.82, 2.24) is 14.8 Å². The summed E-state index contributed by atoms with van der Waals surface area (Å²) < 4.78 is 18.9. The summed E-state index contributed by atoms with van der Waals surface area (Å²) in [5.41, 5.74) is 6.17. The highest BCUT2D eigenvalue weighted by Crippen LogP contribution is 2.35. The molecule has 39 heavy (non-hydrogen) atoms. The van der Waals surface area contributed by atoms with E-state index in [9.17, 15) is 9.90 Å². The minimum Gasteiger partial charge on any atom is -0.496 e. The SMILES string of the molecule is COc1ccc(C2=CCOCC2)cc1C(CC(=O)O)Cc1cc(OCCc2ccc3c(n2)NCCC3)n(C)n1. The van der Waals surface area contributed by atoms with Gasteiger partial charge in [-0.25, -0.2) is 9.67 Å². The number of carbonyl (C=O) groups is 1. The van der Waals surface area contributed by atoms with Gasteiger partial charge in [0.25, 0.3) is 0 Å². The van der Waals surface area contributed by atoms with Crippen LogP contribution < -0.4 is 14.8 Å². The summed E-state index contributed by atoms with van der Waals surface area (Å²) in [5, 5.41) is 17.7. The number of rotatable bonds is 11. The van der Waals surface area contributed by atoms with E-state index in [1.807, 2.05) is 25.2 Å². The number of aliphatic carboxylic acids is 1. The highest BCUT2D eigenvalue weighted by molar-refractivity contribution is 5.70. The molecule has 2 aliphatic heterocycles. The molecule has 0 amide bonds. The van der Waals surface area contributed by atoms with E-state index in [1.54, 1.807) is 11.8 Å². The second-order valence-corrected chi connectivity index (χ2v) is 10.0. The lowest BCUT2D eigenvalue weighted by atomic mass is 9.87. The van der Waals surface area contributed by atoms with E-state index in [2.05, 4.69) is 34.7 Å². The number of carboxylic acids is 1. The average molecular weight is 533 g/mol. The molecule has 0 aliphatic carbocycles. The van der Waals surface area contributed by atoms with E-state index >= 15 is 0 Å². The molecule has 0 saturated heterocycles. The second kappa shape index (κ2) is 12.3. The van der Waals surface area contributed by atoms with E-state index in [0.29, 0.717) is 44.3 Å². The summed E-state index contributed by atoms with van der Waals surface area (Å²) in [5.74, 6) is 1.13. The molecule has 1 atom stereocenters. The van der Waals surface area contributed by atoms with Crippen LogP contribution in [0.1, 0.15) is 53.3 Å². The van der Waals surface area contributed by atoms with Crippen molar-refractivity contribution in [3.63, 3.8) is 0 Å². The molecule has 9 nitrogen and oxygen atoms in total. The standard InChI is InChI=1S/C30H36N4O5/c1-34-28(39-15-11-24-7-5-21-4-3-12-31-30(21)32-24)19-25(33-34)16-23(18-29(35)36)26-17-22(6-8-27(26)37-2)20-9-13-38-14-10-20/h5-9,17,19,23H,3-4,10-16,18H2,1-2H3,(H,31,32)(H,35,36). The van der Waals surface area contributed by atoms with Crippen LogP contribution in [-0.2, 0) is 35.8 Å². The molecular weight excluding hydrogens is 496 g/mol. The second-order valence-electron chi connectivity index (χ2n) is 10.0. The van der Waals surface area contributed by atoms with Gasteiger partial charge in [0.05, 0.1) is 39.0 Å². The number of pyridine rings is 1. The Morgan fingerprint density at radius 1 is 1.21 bits per heavy atom. The van der Waals surface area contributed by atoms with Gasteiger partial charge in [-0.2, -0.15) is 5.10 Å². The maximum absolute atomic E-state index is 11.9. The molecular formula is C30H36N4O5. The van der Waals surface area contributed by atoms with Gasteiger partial charge in [0.15, 0.2) is 0 Å². The van der Waals surface area contributed by atoms with Gasteiger partial charge in [-0.1, -0.05) is 18.2 Å². The van der Waals surface area contributed by atoms with Gasteiger partial charge < -0.3 is 24.6 Å². The van der Waals surface area contributed by atoms with Crippen LogP contribution in [0.25, 0.3) is 5.57 Å². The van der Waals surface area contributed by atoms with Crippen molar-refractivity contribution in [3.8, 4) is 11.6 Å². The summed E-state index contributed by atoms with van der Waals surface area (Å²) >= 11 is 0. The summed E-state index contributed by atoms with van der Waals surface area (Å²) in [6.45, 7) is 2.70. The van der Waals surface area contributed by atoms with E-state index in [0.717, 1.165) is 54.1 Å². The summed E-state index contributed by atoms with van der Waals surface area (Å²) in [7, 11) is 3.45. The maximum Gasteiger partial charge on any atom is 0.303 e. The third-order valence-corrected chi connectivity index (χ3v) is 7.33. The van der Waals surface area contributed by atoms with Gasteiger partial charge in [-0.3, -0.25) is 4.79 Å². The summed E-state index contributed by atoms with van der Waals surface area (Å²) in [6, 6.07) is 12.1. The van der Waals surface area contributed by atoms with Gasteiger partial charge in [0.2, 0.25) is 5.88 Å². The maximum atomic E-state index is 11.9. The quantitative estimate of drug-likeness (QED) is 0.374. The van der Waals surface area contributed by atoms with Crippen LogP contribution in [0.15, 0.2) is 42.5 Å². The fourth-order valence-corrected chi connectivity index (χ4v) is 5.31. The first-order chi connectivity index (χ1) is 19.0. The first-order valence-corrected chi connectivity index (χ1v) is 13.6. The normalized spacial score (nSPS) is 15.6. The number of hydrogen-bond donors (Lipinski definition) is 2. The number of anilines is 1. The summed E-state index contributed by atoms with van der Waals surface area (Å²) in [4.78, 5) is 16.6. The van der Waals surface area contributed by atoms with Gasteiger partial charge in [-0.15, -0.1) is 0 Å². The Kier molecular flexibility index (Phi) is 8.46. The van der Waals surface area contributed by atoms with Crippen LogP contribution in [-0.4, -0.2) is 59.3 Å². The molecule has 9 heteroatoms. The fraction of sp³-hybridized carbons (Fsp3) is 0.433. The summed E-state index contributed by atoms with van der Waals surface area (Å²) in [6.07, 6.45) is 6.21. The lowest BCUT2D eigenvalue weighted by Crippen LogP contribution is -2.14. The molecule has 1 aromatic carbocycles. The number of hydrogen-bond acceptors (Lipinski definition) is 7. The van der Waals surface area contributed by atoms with Gasteiger partial charge in [0, 0.05) is 37.7 Å². The Labute approximate surface area is 228 Å². The average Bonchev–Trinajstić information content (AvgIpc) is 3.30.